The Morgan fingerprint density at radius 2 is 1.82 bits per heavy atom. The van der Waals surface area contributed by atoms with Crippen LogP contribution in [0, 0.1) is 12.3 Å². The number of nitrogens with two attached hydrogens (primary N) is 1. The summed E-state index contributed by atoms with van der Waals surface area (Å²) in [6.07, 6.45) is 0. The Morgan fingerprint density at radius 3 is 2.24 bits per heavy atom. The summed E-state index contributed by atoms with van der Waals surface area (Å²) in [7, 11) is 0. The molecule has 0 amide bonds. The van der Waals surface area contributed by atoms with E-state index in [9.17, 15) is 4.79 Å². The van der Waals surface area contributed by atoms with E-state index in [0.29, 0.717) is 5.56 Å². The molecule has 0 heterocycles. The van der Waals surface area contributed by atoms with Crippen molar-refractivity contribution in [1.29, 1.82) is 5.41 Å². The number of carbonyl (C=O) groups excluding carboxylic acids is 1. The number of nitrogens with one attached hydrogen (secondary N) is 1. The van der Waals surface area contributed by atoms with Crippen LogP contribution in [0.1, 0.15) is 22.8 Å². The third-order valence-electron chi connectivity index (χ3n) is 1.57. The summed E-state index contributed by atoms with van der Waals surface area (Å²) in [6.45, 7) is 2.87. The molecular weight excluding hydrogens is 224 g/mol. The summed E-state index contributed by atoms with van der Waals surface area (Å²) in [5, 5.41) is 14.2. The maximum atomic E-state index is 11.2. The van der Waals surface area contributed by atoms with Crippen LogP contribution >= 0.6 is 0 Å². The zero-order valence-corrected chi connectivity index (χ0v) is 9.56. The Kier molecular flexibility index (Phi) is 6.02. The number of hydrogen-bond donors (Lipinski definition) is 3. The van der Waals surface area contributed by atoms with Crippen LogP contribution in [-0.4, -0.2) is 23.1 Å². The van der Waals surface area contributed by atoms with Crippen molar-refractivity contribution < 1.29 is 19.4 Å². The van der Waals surface area contributed by atoms with Crippen molar-refractivity contribution in [1.82, 2.24) is 0 Å². The Hall–Kier alpha value is -2.37. The van der Waals surface area contributed by atoms with Crippen LogP contribution in [0.3, 0.4) is 0 Å². The SMILES string of the molecule is CC(=O)O.Cc1ccccc1C(=O)OC(=N)N. The highest BCUT2D eigenvalue weighted by atomic mass is 16.5. The first-order valence-corrected chi connectivity index (χ1v) is 4.66. The molecule has 1 rings (SSSR count). The predicted octanol–water partition coefficient (Wildman–Crippen LogP) is 1.14. The molecule has 17 heavy (non-hydrogen) atoms. The maximum absolute atomic E-state index is 11.2. The van der Waals surface area contributed by atoms with Crippen molar-refractivity contribution in [2.75, 3.05) is 0 Å². The number of aryl methyl sites for hydroxylation is 1. The summed E-state index contributed by atoms with van der Waals surface area (Å²) < 4.78 is 4.44. The van der Waals surface area contributed by atoms with Crippen molar-refractivity contribution in [3.8, 4) is 0 Å². The molecular formula is C11H14N2O4. The molecule has 92 valence electrons. The van der Waals surface area contributed by atoms with Crippen LogP contribution < -0.4 is 5.73 Å². The minimum Gasteiger partial charge on any atom is -0.481 e. The van der Waals surface area contributed by atoms with Crippen LogP contribution in [0.5, 0.6) is 0 Å². The zero-order valence-electron chi connectivity index (χ0n) is 9.56. The van der Waals surface area contributed by atoms with E-state index >= 15 is 0 Å². The van der Waals surface area contributed by atoms with Crippen LogP contribution in [0.25, 0.3) is 0 Å². The van der Waals surface area contributed by atoms with Gasteiger partial charge in [-0.3, -0.25) is 10.2 Å². The van der Waals surface area contributed by atoms with Crippen molar-refractivity contribution in [2.24, 2.45) is 5.73 Å². The van der Waals surface area contributed by atoms with E-state index in [2.05, 4.69) is 4.74 Å². The highest BCUT2D eigenvalue weighted by Gasteiger charge is 2.10. The van der Waals surface area contributed by atoms with E-state index in [1.807, 2.05) is 6.07 Å². The molecule has 0 aliphatic heterocycles. The molecule has 0 bridgehead atoms. The van der Waals surface area contributed by atoms with Gasteiger partial charge in [-0.2, -0.15) is 0 Å². The van der Waals surface area contributed by atoms with Gasteiger partial charge in [-0.15, -0.1) is 0 Å². The topological polar surface area (TPSA) is 113 Å². The third kappa shape index (κ3) is 6.67. The van der Waals surface area contributed by atoms with Gasteiger partial charge in [-0.05, 0) is 18.6 Å². The summed E-state index contributed by atoms with van der Waals surface area (Å²) in [4.78, 5) is 20.2. The smallest absolute Gasteiger partial charge is 0.346 e. The average molecular weight is 238 g/mol. The van der Waals surface area contributed by atoms with Gasteiger partial charge in [0.25, 0.3) is 12.0 Å². The van der Waals surface area contributed by atoms with E-state index in [4.69, 9.17) is 21.0 Å². The van der Waals surface area contributed by atoms with E-state index < -0.39 is 18.0 Å². The molecule has 0 atom stereocenters. The number of amidine groups is 1. The second kappa shape index (κ2) is 7.00. The molecule has 6 heteroatoms. The number of hydrogen-bond acceptors (Lipinski definition) is 4. The molecule has 0 spiro atoms. The van der Waals surface area contributed by atoms with Gasteiger partial charge in [-0.1, -0.05) is 18.2 Å². The van der Waals surface area contributed by atoms with Gasteiger partial charge in [-0.25, -0.2) is 4.79 Å². The zero-order chi connectivity index (χ0) is 13.4. The number of benzene rings is 1. The quantitative estimate of drug-likeness (QED) is 0.385. The lowest BCUT2D eigenvalue weighted by Crippen LogP contribution is -2.19. The minimum atomic E-state index is -0.833. The largest absolute Gasteiger partial charge is 0.481 e. The maximum Gasteiger partial charge on any atom is 0.346 e. The van der Waals surface area contributed by atoms with E-state index in [-0.39, 0.29) is 0 Å². The third-order valence-corrected chi connectivity index (χ3v) is 1.57. The normalized spacial score (nSPS) is 8.59. The highest BCUT2D eigenvalue weighted by Crippen LogP contribution is 2.07. The first kappa shape index (κ1) is 14.6. The molecule has 0 unspecified atom stereocenters. The number of ether oxygens (including phenoxy) is 1. The minimum absolute atomic E-state index is 0.428. The highest BCUT2D eigenvalue weighted by molar-refractivity contribution is 5.97. The summed E-state index contributed by atoms with van der Waals surface area (Å²) in [6, 6.07) is 6.37. The van der Waals surface area contributed by atoms with Gasteiger partial charge in [0.15, 0.2) is 0 Å². The standard InChI is InChI=1S/C9H10N2O2.C2H4O2/c1-6-4-2-3-5-7(6)8(12)13-9(10)11;1-2(3)4/h2-5H,1H3,(H3,10,11);1H3,(H,3,4). The number of aliphatic carboxylic acids is 1. The number of esters is 1. The van der Waals surface area contributed by atoms with Gasteiger partial charge >= 0.3 is 5.97 Å². The van der Waals surface area contributed by atoms with Gasteiger partial charge in [0.2, 0.25) is 0 Å². The Labute approximate surface area is 98.5 Å². The van der Waals surface area contributed by atoms with Gasteiger partial charge in [0.05, 0.1) is 5.56 Å². The molecule has 0 radical (unpaired) electrons. The molecule has 0 aliphatic carbocycles. The summed E-state index contributed by atoms with van der Waals surface area (Å²) in [5.41, 5.74) is 6.15. The van der Waals surface area contributed by atoms with Crippen LogP contribution in [0.2, 0.25) is 0 Å². The summed E-state index contributed by atoms with van der Waals surface area (Å²) >= 11 is 0. The molecule has 0 aliphatic rings. The number of rotatable bonds is 1. The van der Waals surface area contributed by atoms with Crippen molar-refractivity contribution in [3.05, 3.63) is 35.4 Å². The molecule has 1 aromatic rings. The fourth-order valence-corrected chi connectivity index (χ4v) is 0.957. The van der Waals surface area contributed by atoms with Crippen molar-refractivity contribution in [3.63, 3.8) is 0 Å². The lowest BCUT2D eigenvalue weighted by molar-refractivity contribution is -0.134. The molecule has 4 N–H and O–H groups in total. The fraction of sp³-hybridized carbons (Fsp3) is 0.182. The first-order chi connectivity index (χ1) is 7.84. The van der Waals surface area contributed by atoms with Crippen LogP contribution in [-0.2, 0) is 9.53 Å². The second-order valence-corrected chi connectivity index (χ2v) is 3.09. The fourth-order valence-electron chi connectivity index (χ4n) is 0.957. The molecule has 1 aromatic carbocycles. The van der Waals surface area contributed by atoms with E-state index in [0.717, 1.165) is 12.5 Å². The van der Waals surface area contributed by atoms with Gasteiger partial charge in [0.1, 0.15) is 0 Å². The van der Waals surface area contributed by atoms with Crippen LogP contribution in [0.15, 0.2) is 24.3 Å². The number of carboxylic acid groups (broad SMARTS) is 1. The summed E-state index contributed by atoms with van der Waals surface area (Å²) in [5.74, 6) is -1.43. The van der Waals surface area contributed by atoms with Gasteiger partial charge in [0, 0.05) is 6.92 Å². The molecule has 6 nitrogen and oxygen atoms in total. The van der Waals surface area contributed by atoms with Gasteiger partial charge < -0.3 is 15.6 Å². The van der Waals surface area contributed by atoms with E-state index in [1.165, 1.54) is 0 Å². The van der Waals surface area contributed by atoms with Crippen molar-refractivity contribution in [2.45, 2.75) is 13.8 Å². The molecule has 0 fully saturated rings. The number of carboxylic acids is 1. The monoisotopic (exact) mass is 238 g/mol. The first-order valence-electron chi connectivity index (χ1n) is 4.66. The molecule has 0 aromatic heterocycles. The Bertz CT molecular complexity index is 425. The van der Waals surface area contributed by atoms with Crippen molar-refractivity contribution >= 4 is 18.0 Å². The lowest BCUT2D eigenvalue weighted by Gasteiger charge is -2.03. The number of carbonyl (C=O) groups is 2. The van der Waals surface area contributed by atoms with E-state index in [1.54, 1.807) is 25.1 Å². The molecule has 0 saturated carbocycles. The predicted molar refractivity (Wildman–Crippen MR) is 61.8 cm³/mol. The lowest BCUT2D eigenvalue weighted by atomic mass is 10.1. The average Bonchev–Trinajstić information content (AvgIpc) is 2.16. The molecule has 0 saturated heterocycles. The Balaban J connectivity index is 0.000000557. The van der Waals surface area contributed by atoms with Crippen LogP contribution in [0.4, 0.5) is 0 Å². The second-order valence-electron chi connectivity index (χ2n) is 3.09. The Morgan fingerprint density at radius 1 is 1.35 bits per heavy atom.